The first kappa shape index (κ1) is 22.0. The fraction of sp³-hybridized carbons (Fsp3) is 0.222. The second kappa shape index (κ2) is 9.53. The molecule has 0 fully saturated rings. The fourth-order valence-corrected chi connectivity index (χ4v) is 4.49. The maximum Gasteiger partial charge on any atom is 0.0516 e. The fourth-order valence-electron chi connectivity index (χ4n) is 4.49. The predicted octanol–water partition coefficient (Wildman–Crippen LogP) is 7.77. The van der Waals surface area contributed by atoms with Gasteiger partial charge < -0.3 is 4.57 Å². The van der Waals surface area contributed by atoms with E-state index in [1.165, 1.54) is 52.3 Å². The van der Waals surface area contributed by atoms with Crippen molar-refractivity contribution in [3.8, 4) is 5.69 Å². The Labute approximate surface area is 195 Å². The third kappa shape index (κ3) is 4.70. The molecule has 0 spiro atoms. The molecule has 0 amide bonds. The minimum absolute atomic E-state index is 0.208. The number of aryl methyl sites for hydroxylation is 1. The monoisotopic (exact) mass is 491 g/mol. The van der Waals surface area contributed by atoms with E-state index >= 15 is 0 Å². The zero-order valence-electron chi connectivity index (χ0n) is 17.8. The molecule has 0 saturated heterocycles. The summed E-state index contributed by atoms with van der Waals surface area (Å²) in [6.45, 7) is 4.26. The van der Waals surface area contributed by atoms with Crippen molar-refractivity contribution in [3.63, 3.8) is 0 Å². The van der Waals surface area contributed by atoms with E-state index in [2.05, 4.69) is 91.2 Å². The van der Waals surface area contributed by atoms with Gasteiger partial charge in [0.2, 0.25) is 0 Å². The third-order valence-corrected chi connectivity index (χ3v) is 5.85. The number of hydrogen-bond acceptors (Lipinski definition) is 0. The Morgan fingerprint density at radius 1 is 1.03 bits per heavy atom. The maximum absolute atomic E-state index is 9.80. The molecule has 0 bridgehead atoms. The molecule has 31 heavy (non-hydrogen) atoms. The Morgan fingerprint density at radius 2 is 1.77 bits per heavy atom. The van der Waals surface area contributed by atoms with Gasteiger partial charge in [-0.3, -0.25) is 6.08 Å². The number of halogens is 2. The molecule has 0 radical (unpaired) electrons. The Bertz CT molecular complexity index is 1200. The predicted molar refractivity (Wildman–Crippen MR) is 121 cm³/mol. The van der Waals surface area contributed by atoms with Crippen LogP contribution in [0.5, 0.6) is 0 Å². The summed E-state index contributed by atoms with van der Waals surface area (Å²) in [7, 11) is 0. The molecule has 1 aromatic heterocycles. The maximum atomic E-state index is 9.80. The van der Waals surface area contributed by atoms with Crippen LogP contribution in [0, 0.1) is 11.5 Å². The molecule has 1 heterocycles. The smallest absolute Gasteiger partial charge is 0.0516 e. The Hall–Kier alpha value is -2.19. The van der Waals surface area contributed by atoms with Gasteiger partial charge in [0.1, 0.15) is 0 Å². The van der Waals surface area contributed by atoms with E-state index < -0.39 is 24.5 Å². The van der Waals surface area contributed by atoms with Gasteiger partial charge in [-0.05, 0) is 36.6 Å². The number of allylic oxidation sites excluding steroid dienone is 4. The van der Waals surface area contributed by atoms with E-state index in [4.69, 9.17) is 0 Å². The van der Waals surface area contributed by atoms with Crippen LogP contribution >= 0.6 is 0 Å². The summed E-state index contributed by atoms with van der Waals surface area (Å²) in [5, 5.41) is 4.10. The van der Waals surface area contributed by atoms with Crippen LogP contribution < -0.4 is 0 Å². The van der Waals surface area contributed by atoms with Crippen molar-refractivity contribution in [1.82, 2.24) is 4.57 Å². The summed E-state index contributed by atoms with van der Waals surface area (Å²) in [4.78, 5) is 0. The van der Waals surface area contributed by atoms with Gasteiger partial charge in [-0.2, -0.15) is 6.08 Å². The van der Waals surface area contributed by atoms with Crippen LogP contribution in [-0.2, 0) is 37.3 Å². The standard InChI is InChI=1S/C20H16N.C7H9.2FH.Zr/c1-2-7-15-13-16(12-14(15)6-1)21-19-10-4-3-8-17(19)18-9-5-11-20(18)21;1-7(2)5-3-4-6-7;;;/h1-4,6-8,10,12-13H,5,9,11H2;3-5H,1-2H3;2*1H;/q2*-1;;;+4/p-2. The van der Waals surface area contributed by atoms with Crippen LogP contribution in [0.25, 0.3) is 27.4 Å². The minimum atomic E-state index is -2.77. The molecule has 3 aromatic carbocycles. The molecule has 0 unspecified atom stereocenters. The van der Waals surface area contributed by atoms with Crippen LogP contribution in [0.15, 0.2) is 78.9 Å². The second-order valence-corrected chi connectivity index (χ2v) is 8.79. The van der Waals surface area contributed by atoms with Crippen molar-refractivity contribution in [2.45, 2.75) is 33.1 Å². The van der Waals surface area contributed by atoms with Crippen molar-refractivity contribution in [3.05, 3.63) is 96.2 Å². The van der Waals surface area contributed by atoms with Gasteiger partial charge >= 0.3 is 29.7 Å². The molecule has 1 nitrogen and oxygen atoms in total. The second-order valence-electron chi connectivity index (χ2n) is 8.44. The summed E-state index contributed by atoms with van der Waals surface area (Å²) in [6.07, 6.45) is 13.0. The van der Waals surface area contributed by atoms with Crippen molar-refractivity contribution in [1.29, 1.82) is 0 Å². The summed E-state index contributed by atoms with van der Waals surface area (Å²) in [5.41, 5.74) is 5.97. The molecular formula is C27H25F2NZr. The van der Waals surface area contributed by atoms with Gasteiger partial charge in [-0.25, -0.2) is 12.2 Å². The number of rotatable bonds is 1. The Balaban J connectivity index is 0.000000195. The molecule has 4 aromatic rings. The van der Waals surface area contributed by atoms with Crippen molar-refractivity contribution in [2.75, 3.05) is 0 Å². The number of aromatic nitrogens is 1. The zero-order chi connectivity index (χ0) is 21.8. The topological polar surface area (TPSA) is 4.93 Å². The van der Waals surface area contributed by atoms with Crippen molar-refractivity contribution < 1.29 is 29.7 Å². The molecule has 6 rings (SSSR count). The normalized spacial score (nSPS) is 15.2. The van der Waals surface area contributed by atoms with Gasteiger partial charge in [-0.15, -0.1) is 41.1 Å². The quantitative estimate of drug-likeness (QED) is 0.239. The molecule has 156 valence electrons. The Morgan fingerprint density at radius 3 is 2.45 bits per heavy atom. The SMILES string of the molecule is CC1(C)[C-]=CC=C1.[F][Zr+2][F].c1ccc2[cH-]c(-n3c4c(c5ccccc53)CCC4)cc2c1. The number of fused-ring (bicyclic) bond motifs is 4. The van der Waals surface area contributed by atoms with Gasteiger partial charge in [0.05, 0.1) is 5.52 Å². The van der Waals surface area contributed by atoms with Gasteiger partial charge in [0, 0.05) is 11.1 Å². The number of hydrogen-bond donors (Lipinski definition) is 0. The molecule has 0 saturated carbocycles. The average Bonchev–Trinajstić information content (AvgIpc) is 3.51. The largest absolute Gasteiger partial charge is 0.332 e. The van der Waals surface area contributed by atoms with Crippen LogP contribution in [-0.4, -0.2) is 4.57 Å². The molecule has 2 aliphatic carbocycles. The number of benzene rings is 2. The van der Waals surface area contributed by atoms with Crippen molar-refractivity contribution in [2.24, 2.45) is 5.41 Å². The van der Waals surface area contributed by atoms with Crippen LogP contribution in [0.1, 0.15) is 31.5 Å². The molecule has 2 aliphatic rings. The van der Waals surface area contributed by atoms with Gasteiger partial charge in [0.25, 0.3) is 0 Å². The first-order valence-corrected chi connectivity index (χ1v) is 12.4. The number of para-hydroxylation sites is 1. The van der Waals surface area contributed by atoms with Crippen LogP contribution in [0.4, 0.5) is 5.25 Å². The summed E-state index contributed by atoms with van der Waals surface area (Å²) >= 11 is -2.77. The molecule has 0 aliphatic heterocycles. The first-order valence-electron chi connectivity index (χ1n) is 10.6. The summed E-state index contributed by atoms with van der Waals surface area (Å²) in [6, 6.07) is 22.1. The van der Waals surface area contributed by atoms with E-state index in [9.17, 15) is 5.25 Å². The van der Waals surface area contributed by atoms with E-state index in [0.29, 0.717) is 0 Å². The summed E-state index contributed by atoms with van der Waals surface area (Å²) in [5.74, 6) is 0. The van der Waals surface area contributed by atoms with E-state index in [1.807, 2.05) is 12.2 Å². The third-order valence-electron chi connectivity index (χ3n) is 5.85. The molecular weight excluding hydrogens is 468 g/mol. The van der Waals surface area contributed by atoms with Crippen LogP contribution in [0.2, 0.25) is 0 Å². The molecule has 0 atom stereocenters. The van der Waals surface area contributed by atoms with E-state index in [1.54, 1.807) is 5.56 Å². The van der Waals surface area contributed by atoms with E-state index in [0.717, 1.165) is 0 Å². The zero-order valence-corrected chi connectivity index (χ0v) is 20.3. The van der Waals surface area contributed by atoms with Gasteiger partial charge in [-0.1, -0.05) is 43.5 Å². The summed E-state index contributed by atoms with van der Waals surface area (Å²) < 4.78 is 22.1. The van der Waals surface area contributed by atoms with Gasteiger partial charge in [0.15, 0.2) is 0 Å². The minimum Gasteiger partial charge on any atom is -0.332 e. The molecule has 4 heteroatoms. The molecule has 0 N–H and O–H groups in total. The average molecular weight is 493 g/mol. The number of nitrogens with zero attached hydrogens (tertiary/aromatic N) is 1. The van der Waals surface area contributed by atoms with E-state index in [-0.39, 0.29) is 5.41 Å². The first-order chi connectivity index (χ1) is 15.0. The Kier molecular flexibility index (Phi) is 6.77. The van der Waals surface area contributed by atoms with Crippen LogP contribution in [0.3, 0.4) is 0 Å². The van der Waals surface area contributed by atoms with Crippen molar-refractivity contribution >= 4 is 21.7 Å².